The summed E-state index contributed by atoms with van der Waals surface area (Å²) in [5, 5.41) is 20.8. The lowest BCUT2D eigenvalue weighted by Gasteiger charge is -2.41. The summed E-state index contributed by atoms with van der Waals surface area (Å²) in [7, 11) is 0. The van der Waals surface area contributed by atoms with E-state index in [-0.39, 0.29) is 12.1 Å². The molecule has 0 bridgehead atoms. The van der Waals surface area contributed by atoms with E-state index in [1.165, 1.54) is 5.56 Å². The number of nitrogens with zero attached hydrogens (tertiary/aromatic N) is 1. The van der Waals surface area contributed by atoms with Gasteiger partial charge in [0, 0.05) is 13.1 Å². The van der Waals surface area contributed by atoms with Crippen LogP contribution in [0.2, 0.25) is 0 Å². The molecular formula is C16H23NO3. The molecule has 4 heteroatoms. The van der Waals surface area contributed by atoms with Crippen LogP contribution in [0.5, 0.6) is 0 Å². The van der Waals surface area contributed by atoms with Gasteiger partial charge >= 0.3 is 0 Å². The van der Waals surface area contributed by atoms with Gasteiger partial charge in [-0.05, 0) is 25.3 Å². The molecule has 3 rings (SSSR count). The van der Waals surface area contributed by atoms with Gasteiger partial charge in [-0.1, -0.05) is 29.8 Å². The molecule has 2 aliphatic rings. The lowest BCUT2D eigenvalue weighted by molar-refractivity contribution is -0.0457. The minimum absolute atomic E-state index is 0.0945. The third kappa shape index (κ3) is 2.61. The third-order valence-corrected chi connectivity index (χ3v) is 4.67. The van der Waals surface area contributed by atoms with E-state index in [1.807, 2.05) is 25.1 Å². The molecule has 0 saturated carbocycles. The van der Waals surface area contributed by atoms with Crippen molar-refractivity contribution in [1.82, 2.24) is 4.90 Å². The second-order valence-corrected chi connectivity index (χ2v) is 6.11. The van der Waals surface area contributed by atoms with Gasteiger partial charge in [-0.2, -0.15) is 0 Å². The second-order valence-electron chi connectivity index (χ2n) is 6.11. The lowest BCUT2D eigenvalue weighted by Crippen LogP contribution is -2.50. The van der Waals surface area contributed by atoms with E-state index in [4.69, 9.17) is 4.74 Å². The minimum atomic E-state index is -0.729. The first-order chi connectivity index (χ1) is 9.58. The SMILES string of the molecule is Cc1cccc(C2(O)CCN([C@@H]3COC[C@H]3O)CC2)c1. The maximum atomic E-state index is 10.9. The van der Waals surface area contributed by atoms with Crippen LogP contribution in [0.15, 0.2) is 24.3 Å². The molecular weight excluding hydrogens is 254 g/mol. The molecule has 2 heterocycles. The van der Waals surface area contributed by atoms with Gasteiger partial charge in [0.15, 0.2) is 0 Å². The molecule has 2 atom stereocenters. The molecule has 0 amide bonds. The fourth-order valence-electron chi connectivity index (χ4n) is 3.33. The number of piperidine rings is 1. The highest BCUT2D eigenvalue weighted by Gasteiger charge is 2.39. The molecule has 2 fully saturated rings. The smallest absolute Gasteiger partial charge is 0.0950 e. The Balaban J connectivity index is 1.68. The maximum absolute atomic E-state index is 10.9. The first-order valence-corrected chi connectivity index (χ1v) is 7.38. The summed E-state index contributed by atoms with van der Waals surface area (Å²) in [6.45, 7) is 4.69. The highest BCUT2D eigenvalue weighted by molar-refractivity contribution is 5.28. The van der Waals surface area contributed by atoms with Crippen LogP contribution < -0.4 is 0 Å². The van der Waals surface area contributed by atoms with Crippen LogP contribution in [-0.2, 0) is 10.3 Å². The molecule has 2 N–H and O–H groups in total. The summed E-state index contributed by atoms with van der Waals surface area (Å²) >= 11 is 0. The molecule has 1 aromatic carbocycles. The Morgan fingerprint density at radius 3 is 2.60 bits per heavy atom. The second kappa shape index (κ2) is 5.45. The van der Waals surface area contributed by atoms with Crippen molar-refractivity contribution in [3.8, 4) is 0 Å². The van der Waals surface area contributed by atoms with Gasteiger partial charge in [0.25, 0.3) is 0 Å². The zero-order valence-electron chi connectivity index (χ0n) is 12.0. The normalized spacial score (nSPS) is 30.6. The molecule has 2 aliphatic heterocycles. The number of benzene rings is 1. The Morgan fingerprint density at radius 1 is 1.25 bits per heavy atom. The highest BCUT2D eigenvalue weighted by atomic mass is 16.5. The average Bonchev–Trinajstić information content (AvgIpc) is 2.86. The van der Waals surface area contributed by atoms with E-state index in [1.54, 1.807) is 0 Å². The summed E-state index contributed by atoms with van der Waals surface area (Å²) in [6.07, 6.45) is 1.03. The monoisotopic (exact) mass is 277 g/mol. The van der Waals surface area contributed by atoms with E-state index in [0.717, 1.165) is 18.7 Å². The third-order valence-electron chi connectivity index (χ3n) is 4.67. The number of aliphatic hydroxyl groups is 2. The Morgan fingerprint density at radius 2 is 2.00 bits per heavy atom. The summed E-state index contributed by atoms with van der Waals surface area (Å²) < 4.78 is 5.32. The quantitative estimate of drug-likeness (QED) is 0.848. The molecule has 2 saturated heterocycles. The van der Waals surface area contributed by atoms with Crippen LogP contribution in [0, 0.1) is 6.92 Å². The van der Waals surface area contributed by atoms with Crippen molar-refractivity contribution in [3.63, 3.8) is 0 Å². The molecule has 0 aliphatic carbocycles. The van der Waals surface area contributed by atoms with Crippen LogP contribution in [0.1, 0.15) is 24.0 Å². The van der Waals surface area contributed by atoms with Gasteiger partial charge < -0.3 is 14.9 Å². The summed E-state index contributed by atoms with van der Waals surface area (Å²) in [5.41, 5.74) is 1.46. The Labute approximate surface area is 120 Å². The van der Waals surface area contributed by atoms with Crippen molar-refractivity contribution in [2.45, 2.75) is 37.5 Å². The van der Waals surface area contributed by atoms with E-state index < -0.39 is 5.60 Å². The van der Waals surface area contributed by atoms with Crippen LogP contribution in [0.3, 0.4) is 0 Å². The fourth-order valence-corrected chi connectivity index (χ4v) is 3.33. The number of aryl methyl sites for hydroxylation is 1. The lowest BCUT2D eigenvalue weighted by atomic mass is 9.83. The van der Waals surface area contributed by atoms with Crippen LogP contribution >= 0.6 is 0 Å². The van der Waals surface area contributed by atoms with Gasteiger partial charge in [-0.15, -0.1) is 0 Å². The van der Waals surface area contributed by atoms with Crippen LogP contribution in [0.4, 0.5) is 0 Å². The molecule has 4 nitrogen and oxygen atoms in total. The van der Waals surface area contributed by atoms with Gasteiger partial charge in [-0.25, -0.2) is 0 Å². The average molecular weight is 277 g/mol. The number of likely N-dealkylation sites (tertiary alicyclic amines) is 1. The van der Waals surface area contributed by atoms with Crippen molar-refractivity contribution in [2.75, 3.05) is 26.3 Å². The van der Waals surface area contributed by atoms with E-state index in [9.17, 15) is 10.2 Å². The molecule has 20 heavy (non-hydrogen) atoms. The maximum Gasteiger partial charge on any atom is 0.0950 e. The fraction of sp³-hybridized carbons (Fsp3) is 0.625. The van der Waals surface area contributed by atoms with Gasteiger partial charge in [-0.3, -0.25) is 4.90 Å². The standard InChI is InChI=1S/C16H23NO3/c1-12-3-2-4-13(9-12)16(19)5-7-17(8-6-16)14-10-20-11-15(14)18/h2-4,9,14-15,18-19H,5-8,10-11H2,1H3/t14-,15-/m1/s1. The predicted octanol–water partition coefficient (Wildman–Crippen LogP) is 1.04. The molecule has 0 aromatic heterocycles. The molecule has 0 radical (unpaired) electrons. The summed E-state index contributed by atoms with van der Waals surface area (Å²) in [5.74, 6) is 0. The number of hydrogen-bond acceptors (Lipinski definition) is 4. The van der Waals surface area contributed by atoms with Crippen molar-refractivity contribution in [1.29, 1.82) is 0 Å². The number of aliphatic hydroxyl groups excluding tert-OH is 1. The zero-order chi connectivity index (χ0) is 14.2. The largest absolute Gasteiger partial charge is 0.389 e. The van der Waals surface area contributed by atoms with Crippen molar-refractivity contribution < 1.29 is 14.9 Å². The minimum Gasteiger partial charge on any atom is -0.389 e. The molecule has 110 valence electrons. The van der Waals surface area contributed by atoms with Crippen molar-refractivity contribution in [3.05, 3.63) is 35.4 Å². The Bertz CT molecular complexity index is 469. The van der Waals surface area contributed by atoms with Crippen molar-refractivity contribution in [2.24, 2.45) is 0 Å². The first kappa shape index (κ1) is 14.0. The summed E-state index contributed by atoms with van der Waals surface area (Å²) in [4.78, 5) is 2.25. The number of rotatable bonds is 2. The molecule has 0 spiro atoms. The van der Waals surface area contributed by atoms with Crippen LogP contribution in [-0.4, -0.2) is 53.6 Å². The number of ether oxygens (including phenoxy) is 1. The van der Waals surface area contributed by atoms with E-state index >= 15 is 0 Å². The van der Waals surface area contributed by atoms with E-state index in [0.29, 0.717) is 26.1 Å². The first-order valence-electron chi connectivity index (χ1n) is 7.38. The van der Waals surface area contributed by atoms with Gasteiger partial charge in [0.1, 0.15) is 0 Å². The van der Waals surface area contributed by atoms with Crippen molar-refractivity contribution >= 4 is 0 Å². The number of hydrogen-bond donors (Lipinski definition) is 2. The van der Waals surface area contributed by atoms with Gasteiger partial charge in [0.05, 0.1) is 31.0 Å². The zero-order valence-corrected chi connectivity index (χ0v) is 12.0. The van der Waals surface area contributed by atoms with Gasteiger partial charge in [0.2, 0.25) is 0 Å². The Hall–Kier alpha value is -0.940. The summed E-state index contributed by atoms with van der Waals surface area (Å²) in [6, 6.07) is 8.23. The molecule has 0 unspecified atom stereocenters. The Kier molecular flexibility index (Phi) is 3.82. The topological polar surface area (TPSA) is 52.9 Å². The highest BCUT2D eigenvalue weighted by Crippen LogP contribution is 2.34. The predicted molar refractivity (Wildman–Crippen MR) is 76.5 cm³/mol. The molecule has 1 aromatic rings. The van der Waals surface area contributed by atoms with E-state index in [2.05, 4.69) is 11.0 Å². The van der Waals surface area contributed by atoms with Crippen LogP contribution in [0.25, 0.3) is 0 Å².